The Labute approximate surface area is 128 Å². The van der Waals surface area contributed by atoms with Gasteiger partial charge in [-0.3, -0.25) is 5.32 Å². The summed E-state index contributed by atoms with van der Waals surface area (Å²) in [6, 6.07) is 13.5. The van der Waals surface area contributed by atoms with Gasteiger partial charge in [0.25, 0.3) is 0 Å². The molecule has 1 amide bonds. The van der Waals surface area contributed by atoms with E-state index in [4.69, 9.17) is 4.74 Å². The summed E-state index contributed by atoms with van der Waals surface area (Å²) in [5, 5.41) is 11.7. The predicted molar refractivity (Wildman–Crippen MR) is 83.5 cm³/mol. The van der Waals surface area contributed by atoms with Crippen LogP contribution in [0.1, 0.15) is 29.3 Å². The van der Waals surface area contributed by atoms with Crippen LogP contribution in [0.5, 0.6) is 5.75 Å². The lowest BCUT2D eigenvalue weighted by Gasteiger charge is -2.10. The Morgan fingerprint density at radius 1 is 1.14 bits per heavy atom. The Morgan fingerprint density at radius 2 is 1.86 bits per heavy atom. The van der Waals surface area contributed by atoms with Crippen molar-refractivity contribution < 1.29 is 19.4 Å². The molecule has 5 nitrogen and oxygen atoms in total. The third-order valence-electron chi connectivity index (χ3n) is 3.04. The molecule has 0 spiro atoms. The summed E-state index contributed by atoms with van der Waals surface area (Å²) in [5.74, 6) is -0.701. The second-order valence-corrected chi connectivity index (χ2v) is 4.76. The number of carboxylic acid groups (broad SMARTS) is 1. The van der Waals surface area contributed by atoms with Gasteiger partial charge < -0.3 is 9.84 Å². The molecule has 0 unspecified atom stereocenters. The van der Waals surface area contributed by atoms with Crippen LogP contribution in [0.4, 0.5) is 10.5 Å². The van der Waals surface area contributed by atoms with Gasteiger partial charge in [-0.25, -0.2) is 9.59 Å². The van der Waals surface area contributed by atoms with Crippen LogP contribution in [0, 0.1) is 0 Å². The van der Waals surface area contributed by atoms with Crippen LogP contribution in [0.2, 0.25) is 0 Å². The number of benzene rings is 2. The molecule has 2 rings (SSSR count). The van der Waals surface area contributed by atoms with E-state index < -0.39 is 12.1 Å². The smallest absolute Gasteiger partial charge is 0.417 e. The summed E-state index contributed by atoms with van der Waals surface area (Å²) in [7, 11) is 0. The van der Waals surface area contributed by atoms with Gasteiger partial charge in [0, 0.05) is 0 Å². The van der Waals surface area contributed by atoms with Gasteiger partial charge in [-0.15, -0.1) is 0 Å². The highest BCUT2D eigenvalue weighted by atomic mass is 16.6. The number of carbonyl (C=O) groups excluding carboxylic acids is 1. The zero-order chi connectivity index (χ0) is 15.9. The lowest BCUT2D eigenvalue weighted by molar-refractivity contribution is 0.0698. The lowest BCUT2D eigenvalue weighted by Crippen LogP contribution is -2.18. The molecule has 2 N–H and O–H groups in total. The van der Waals surface area contributed by atoms with Crippen LogP contribution in [0.3, 0.4) is 0 Å². The van der Waals surface area contributed by atoms with Crippen LogP contribution in [-0.2, 0) is 6.42 Å². The van der Waals surface area contributed by atoms with Gasteiger partial charge >= 0.3 is 12.1 Å². The first-order valence-corrected chi connectivity index (χ1v) is 7.00. The minimum atomic E-state index is -1.09. The molecule has 2 aromatic carbocycles. The number of aryl methyl sites for hydroxylation is 1. The van der Waals surface area contributed by atoms with Crippen molar-refractivity contribution in [2.24, 2.45) is 0 Å². The summed E-state index contributed by atoms with van der Waals surface area (Å²) in [6.07, 6.45) is 0.980. The van der Waals surface area contributed by atoms with Crippen molar-refractivity contribution in [3.63, 3.8) is 0 Å². The molecule has 0 saturated carbocycles. The van der Waals surface area contributed by atoms with E-state index in [1.165, 1.54) is 0 Å². The molecular weight excluding hydrogens is 282 g/mol. The van der Waals surface area contributed by atoms with E-state index >= 15 is 0 Å². The van der Waals surface area contributed by atoms with Crippen LogP contribution < -0.4 is 10.1 Å². The number of aromatic carboxylic acids is 1. The molecule has 22 heavy (non-hydrogen) atoms. The maximum Gasteiger partial charge on any atom is 0.417 e. The molecule has 0 atom stereocenters. The third-order valence-corrected chi connectivity index (χ3v) is 3.04. The van der Waals surface area contributed by atoms with E-state index in [2.05, 4.69) is 5.32 Å². The minimum absolute atomic E-state index is 0.0518. The molecular formula is C17H17NO4. The number of rotatable bonds is 5. The number of carbonyl (C=O) groups is 2. The third kappa shape index (κ3) is 4.09. The number of hydrogen-bond acceptors (Lipinski definition) is 3. The van der Waals surface area contributed by atoms with Gasteiger partial charge in [0.15, 0.2) is 0 Å². The first-order chi connectivity index (χ1) is 10.6. The van der Waals surface area contributed by atoms with Crippen molar-refractivity contribution in [1.29, 1.82) is 0 Å². The van der Waals surface area contributed by atoms with Crippen molar-refractivity contribution >= 4 is 17.7 Å². The number of amides is 1. The Morgan fingerprint density at radius 3 is 2.50 bits per heavy atom. The highest BCUT2D eigenvalue weighted by Gasteiger charge is 2.14. The van der Waals surface area contributed by atoms with E-state index in [1.54, 1.807) is 48.5 Å². The van der Waals surface area contributed by atoms with Gasteiger partial charge in [-0.2, -0.15) is 0 Å². The summed E-state index contributed by atoms with van der Waals surface area (Å²) >= 11 is 0. The van der Waals surface area contributed by atoms with E-state index in [-0.39, 0.29) is 11.3 Å². The maximum atomic E-state index is 11.8. The SMILES string of the molecule is CCCc1ccc(NC(=O)Oc2ccccc2)c(C(=O)O)c1. The van der Waals surface area contributed by atoms with Gasteiger partial charge in [-0.1, -0.05) is 37.6 Å². The topological polar surface area (TPSA) is 75.6 Å². The van der Waals surface area contributed by atoms with E-state index in [9.17, 15) is 14.7 Å². The quantitative estimate of drug-likeness (QED) is 0.876. The Kier molecular flexibility index (Phi) is 5.14. The summed E-state index contributed by atoms with van der Waals surface area (Å²) in [6.45, 7) is 2.02. The molecule has 0 aromatic heterocycles. The monoisotopic (exact) mass is 299 g/mol. The van der Waals surface area contributed by atoms with Crippen molar-refractivity contribution in [2.75, 3.05) is 5.32 Å². The molecule has 0 aliphatic rings. The van der Waals surface area contributed by atoms with E-state index in [1.807, 2.05) is 6.92 Å². The second-order valence-electron chi connectivity index (χ2n) is 4.76. The predicted octanol–water partition coefficient (Wildman–Crippen LogP) is 3.95. The average molecular weight is 299 g/mol. The average Bonchev–Trinajstić information content (AvgIpc) is 2.49. The van der Waals surface area contributed by atoms with E-state index in [0.717, 1.165) is 18.4 Å². The molecule has 0 aliphatic heterocycles. The van der Waals surface area contributed by atoms with Gasteiger partial charge in [0.1, 0.15) is 5.75 Å². The number of anilines is 1. The number of ether oxygens (including phenoxy) is 1. The highest BCUT2D eigenvalue weighted by molar-refractivity contribution is 5.99. The minimum Gasteiger partial charge on any atom is -0.478 e. The fraction of sp³-hybridized carbons (Fsp3) is 0.176. The highest BCUT2D eigenvalue weighted by Crippen LogP contribution is 2.19. The van der Waals surface area contributed by atoms with Crippen molar-refractivity contribution in [2.45, 2.75) is 19.8 Å². The molecule has 0 aliphatic carbocycles. The van der Waals surface area contributed by atoms with Crippen LogP contribution in [-0.4, -0.2) is 17.2 Å². The summed E-state index contributed by atoms with van der Waals surface area (Å²) < 4.78 is 5.09. The molecule has 0 saturated heterocycles. The maximum absolute atomic E-state index is 11.8. The fourth-order valence-corrected chi connectivity index (χ4v) is 2.05. The molecule has 0 bridgehead atoms. The zero-order valence-electron chi connectivity index (χ0n) is 12.2. The first-order valence-electron chi connectivity index (χ1n) is 7.00. The van der Waals surface area contributed by atoms with Gasteiger partial charge in [-0.05, 0) is 36.2 Å². The molecule has 0 fully saturated rings. The first kappa shape index (κ1) is 15.6. The fourth-order valence-electron chi connectivity index (χ4n) is 2.05. The second kappa shape index (κ2) is 7.26. The van der Waals surface area contributed by atoms with Gasteiger partial charge in [0.05, 0.1) is 11.3 Å². The Bertz CT molecular complexity index is 668. The Hall–Kier alpha value is -2.82. The normalized spacial score (nSPS) is 10.0. The number of para-hydroxylation sites is 1. The zero-order valence-corrected chi connectivity index (χ0v) is 12.2. The number of hydrogen-bond donors (Lipinski definition) is 2. The number of carboxylic acids is 1. The molecule has 0 heterocycles. The number of nitrogens with one attached hydrogen (secondary N) is 1. The van der Waals surface area contributed by atoms with Crippen LogP contribution in [0.25, 0.3) is 0 Å². The van der Waals surface area contributed by atoms with Crippen molar-refractivity contribution in [3.05, 3.63) is 59.7 Å². The van der Waals surface area contributed by atoms with Crippen LogP contribution in [0.15, 0.2) is 48.5 Å². The van der Waals surface area contributed by atoms with Crippen molar-refractivity contribution in [3.8, 4) is 5.75 Å². The van der Waals surface area contributed by atoms with Crippen molar-refractivity contribution in [1.82, 2.24) is 0 Å². The largest absolute Gasteiger partial charge is 0.478 e. The standard InChI is InChI=1S/C17H17NO4/c1-2-6-12-9-10-15(14(11-12)16(19)20)18-17(21)22-13-7-4-3-5-8-13/h3-5,7-11H,2,6H2,1H3,(H,18,21)(H,19,20). The summed E-state index contributed by atoms with van der Waals surface area (Å²) in [5.41, 5.74) is 1.19. The molecule has 5 heteroatoms. The van der Waals surface area contributed by atoms with Gasteiger partial charge in [0.2, 0.25) is 0 Å². The van der Waals surface area contributed by atoms with Crippen LogP contribution >= 0.6 is 0 Å². The lowest BCUT2D eigenvalue weighted by atomic mass is 10.1. The molecule has 114 valence electrons. The molecule has 0 radical (unpaired) electrons. The molecule has 2 aromatic rings. The Balaban J connectivity index is 2.14. The summed E-state index contributed by atoms with van der Waals surface area (Å²) in [4.78, 5) is 23.2. The van der Waals surface area contributed by atoms with E-state index in [0.29, 0.717) is 5.75 Å².